The van der Waals surface area contributed by atoms with Crippen molar-refractivity contribution in [3.05, 3.63) is 47.8 Å². The van der Waals surface area contributed by atoms with Crippen LogP contribution in [0.4, 0.5) is 4.39 Å². The first kappa shape index (κ1) is 19.5. The topological polar surface area (TPSA) is 27.7 Å². The lowest BCUT2D eigenvalue weighted by molar-refractivity contribution is -0.229. The molecular formula is C22H31FO3. The Morgan fingerprint density at radius 2 is 1.92 bits per heavy atom. The maximum absolute atomic E-state index is 14.2. The second kappa shape index (κ2) is 9.63. The first-order chi connectivity index (χ1) is 12.7. The van der Waals surface area contributed by atoms with E-state index in [-0.39, 0.29) is 12.1 Å². The first-order valence-electron chi connectivity index (χ1n) is 9.82. The van der Waals surface area contributed by atoms with Crippen LogP contribution in [0, 0.1) is 17.7 Å². The lowest BCUT2D eigenvalue weighted by Crippen LogP contribution is -2.38. The summed E-state index contributed by atoms with van der Waals surface area (Å²) in [4.78, 5) is 0. The molecule has 2 aliphatic rings. The molecule has 2 fully saturated rings. The standard InChI is InChI=1S/C22H31FO3/c1-3-4-5-16-13-25-22(26-14-16)18-8-6-17(7-9-18)19-10-11-20(15-24-2)21(23)12-19/h3,10-12,16-18,22H,1,4-9,13-15H2,2H3/t16-,17?,18?,22-. The molecule has 0 amide bonds. The minimum absolute atomic E-state index is 0.0586. The zero-order valence-electron chi connectivity index (χ0n) is 15.8. The molecule has 3 rings (SSSR count). The summed E-state index contributed by atoms with van der Waals surface area (Å²) in [6, 6.07) is 5.61. The molecule has 3 nitrogen and oxygen atoms in total. The molecule has 1 saturated heterocycles. The summed E-state index contributed by atoms with van der Waals surface area (Å²) in [6.07, 6.45) is 8.30. The number of hydrogen-bond acceptors (Lipinski definition) is 3. The zero-order chi connectivity index (χ0) is 18.4. The van der Waals surface area contributed by atoms with Gasteiger partial charge in [-0.2, -0.15) is 0 Å². The normalized spacial score (nSPS) is 29.5. The Morgan fingerprint density at radius 1 is 1.19 bits per heavy atom. The van der Waals surface area contributed by atoms with Crippen molar-refractivity contribution in [2.45, 2.75) is 57.3 Å². The fourth-order valence-electron chi connectivity index (χ4n) is 4.17. The Balaban J connectivity index is 1.47. The highest BCUT2D eigenvalue weighted by atomic mass is 19.1. The molecule has 4 heteroatoms. The van der Waals surface area contributed by atoms with Crippen LogP contribution in [0.15, 0.2) is 30.9 Å². The molecule has 1 aromatic carbocycles. The van der Waals surface area contributed by atoms with E-state index in [2.05, 4.69) is 12.6 Å². The predicted octanol–water partition coefficient (Wildman–Crippen LogP) is 5.20. The van der Waals surface area contributed by atoms with Crippen LogP contribution in [0.5, 0.6) is 0 Å². The van der Waals surface area contributed by atoms with Crippen LogP contribution >= 0.6 is 0 Å². The molecule has 0 aromatic heterocycles. The highest BCUT2D eigenvalue weighted by molar-refractivity contribution is 5.27. The molecule has 1 heterocycles. The predicted molar refractivity (Wildman–Crippen MR) is 100 cm³/mol. The van der Waals surface area contributed by atoms with Gasteiger partial charge in [0.1, 0.15) is 5.82 Å². The molecule has 26 heavy (non-hydrogen) atoms. The molecule has 0 radical (unpaired) electrons. The minimum atomic E-state index is -0.156. The summed E-state index contributed by atoms with van der Waals surface area (Å²) < 4.78 is 31.2. The summed E-state index contributed by atoms with van der Waals surface area (Å²) in [5.41, 5.74) is 1.73. The fraction of sp³-hybridized carbons (Fsp3) is 0.636. The van der Waals surface area contributed by atoms with E-state index in [1.165, 1.54) is 0 Å². The average Bonchev–Trinajstić information content (AvgIpc) is 2.69. The van der Waals surface area contributed by atoms with E-state index in [4.69, 9.17) is 14.2 Å². The quantitative estimate of drug-likeness (QED) is 0.624. The Morgan fingerprint density at radius 3 is 2.54 bits per heavy atom. The van der Waals surface area contributed by atoms with E-state index in [0.717, 1.165) is 57.3 Å². The monoisotopic (exact) mass is 362 g/mol. The zero-order valence-corrected chi connectivity index (χ0v) is 15.8. The lowest BCUT2D eigenvalue weighted by Gasteiger charge is -2.37. The molecule has 0 N–H and O–H groups in total. The van der Waals surface area contributed by atoms with Gasteiger partial charge in [0.15, 0.2) is 6.29 Å². The van der Waals surface area contributed by atoms with Crippen LogP contribution in [0.1, 0.15) is 55.6 Å². The number of allylic oxidation sites excluding steroid dienone is 1. The molecule has 1 aliphatic heterocycles. The third kappa shape index (κ3) is 4.93. The van der Waals surface area contributed by atoms with Gasteiger partial charge in [0.05, 0.1) is 19.8 Å². The van der Waals surface area contributed by atoms with Crippen molar-refractivity contribution in [1.82, 2.24) is 0 Å². The van der Waals surface area contributed by atoms with Crippen molar-refractivity contribution in [1.29, 1.82) is 0 Å². The Labute approximate surface area is 156 Å². The van der Waals surface area contributed by atoms with Crippen molar-refractivity contribution in [3.8, 4) is 0 Å². The van der Waals surface area contributed by atoms with E-state index in [1.54, 1.807) is 13.2 Å². The van der Waals surface area contributed by atoms with Gasteiger partial charge in [0.25, 0.3) is 0 Å². The molecule has 1 aromatic rings. The second-order valence-electron chi connectivity index (χ2n) is 7.66. The molecular weight excluding hydrogens is 331 g/mol. The van der Waals surface area contributed by atoms with Crippen LogP contribution in [-0.2, 0) is 20.8 Å². The third-order valence-electron chi connectivity index (χ3n) is 5.78. The van der Waals surface area contributed by atoms with E-state index in [0.29, 0.717) is 29.9 Å². The van der Waals surface area contributed by atoms with Gasteiger partial charge in [0, 0.05) is 24.5 Å². The van der Waals surface area contributed by atoms with E-state index < -0.39 is 0 Å². The second-order valence-corrected chi connectivity index (χ2v) is 7.66. The number of ether oxygens (including phenoxy) is 3. The van der Waals surface area contributed by atoms with Gasteiger partial charge in [0.2, 0.25) is 0 Å². The molecule has 0 spiro atoms. The lowest BCUT2D eigenvalue weighted by atomic mass is 9.78. The van der Waals surface area contributed by atoms with Gasteiger partial charge < -0.3 is 14.2 Å². The molecule has 1 aliphatic carbocycles. The van der Waals surface area contributed by atoms with Crippen LogP contribution in [0.2, 0.25) is 0 Å². The van der Waals surface area contributed by atoms with Gasteiger partial charge >= 0.3 is 0 Å². The summed E-state index contributed by atoms with van der Waals surface area (Å²) in [6.45, 7) is 5.69. The highest BCUT2D eigenvalue weighted by Crippen LogP contribution is 2.39. The van der Waals surface area contributed by atoms with Gasteiger partial charge in [-0.15, -0.1) is 6.58 Å². The summed E-state index contributed by atoms with van der Waals surface area (Å²) in [5.74, 6) is 1.23. The smallest absolute Gasteiger partial charge is 0.160 e. The molecule has 0 bridgehead atoms. The van der Waals surface area contributed by atoms with Crippen LogP contribution in [-0.4, -0.2) is 26.6 Å². The van der Waals surface area contributed by atoms with Gasteiger partial charge in [-0.3, -0.25) is 0 Å². The molecule has 144 valence electrons. The number of rotatable bonds is 7. The molecule has 0 atom stereocenters. The van der Waals surface area contributed by atoms with Crippen LogP contribution in [0.25, 0.3) is 0 Å². The summed E-state index contributed by atoms with van der Waals surface area (Å²) in [7, 11) is 1.59. The minimum Gasteiger partial charge on any atom is -0.380 e. The number of benzene rings is 1. The largest absolute Gasteiger partial charge is 0.380 e. The maximum atomic E-state index is 14.2. The van der Waals surface area contributed by atoms with Crippen molar-refractivity contribution >= 4 is 0 Å². The van der Waals surface area contributed by atoms with Crippen LogP contribution in [0.3, 0.4) is 0 Å². The number of halogens is 1. The average molecular weight is 362 g/mol. The van der Waals surface area contributed by atoms with E-state index in [9.17, 15) is 4.39 Å². The van der Waals surface area contributed by atoms with Gasteiger partial charge in [-0.25, -0.2) is 4.39 Å². The highest BCUT2D eigenvalue weighted by Gasteiger charge is 2.32. The van der Waals surface area contributed by atoms with Crippen molar-refractivity contribution in [3.63, 3.8) is 0 Å². The van der Waals surface area contributed by atoms with Crippen molar-refractivity contribution < 1.29 is 18.6 Å². The Kier molecular flexibility index (Phi) is 7.23. The van der Waals surface area contributed by atoms with Gasteiger partial charge in [-0.05, 0) is 56.1 Å². The van der Waals surface area contributed by atoms with Crippen molar-refractivity contribution in [2.24, 2.45) is 11.8 Å². The van der Waals surface area contributed by atoms with E-state index >= 15 is 0 Å². The summed E-state index contributed by atoms with van der Waals surface area (Å²) in [5, 5.41) is 0. The first-order valence-corrected chi connectivity index (χ1v) is 9.82. The SMILES string of the molecule is C=CCC[C@H]1CO[C@H](C2CCC(c3ccc(COC)c(F)c3)CC2)OC1. The van der Waals surface area contributed by atoms with Gasteiger partial charge in [-0.1, -0.05) is 18.2 Å². The van der Waals surface area contributed by atoms with E-state index in [1.807, 2.05) is 12.1 Å². The Hall–Kier alpha value is -1.23. The molecule has 1 saturated carbocycles. The molecule has 0 unspecified atom stereocenters. The third-order valence-corrected chi connectivity index (χ3v) is 5.78. The Bertz CT molecular complexity index is 573. The number of methoxy groups -OCH3 is 1. The van der Waals surface area contributed by atoms with Crippen LogP contribution < -0.4 is 0 Å². The maximum Gasteiger partial charge on any atom is 0.160 e. The number of hydrogen-bond donors (Lipinski definition) is 0. The fourth-order valence-corrected chi connectivity index (χ4v) is 4.17. The van der Waals surface area contributed by atoms with Crippen molar-refractivity contribution in [2.75, 3.05) is 20.3 Å². The summed E-state index contributed by atoms with van der Waals surface area (Å²) >= 11 is 0.